The fourth-order valence-corrected chi connectivity index (χ4v) is 1.54. The Hall–Kier alpha value is -1.92. The van der Waals surface area contributed by atoms with E-state index >= 15 is 0 Å². The van der Waals surface area contributed by atoms with Gasteiger partial charge in [0, 0.05) is 6.54 Å². The SMILES string of the molecule is NCC(C(=O)N[C@H](CO)C(=O)O)c1ccccc1. The van der Waals surface area contributed by atoms with Gasteiger partial charge in [0.05, 0.1) is 12.5 Å². The standard InChI is InChI=1S/C12H16N2O4/c13-6-9(8-4-2-1-3-5-8)11(16)14-10(7-15)12(17)18/h1-5,9-10,15H,6-7,13H2,(H,14,16)(H,17,18)/t9?,10-/m1/s1. The molecule has 98 valence electrons. The van der Waals surface area contributed by atoms with Gasteiger partial charge >= 0.3 is 5.97 Å². The maximum absolute atomic E-state index is 11.9. The lowest BCUT2D eigenvalue weighted by atomic mass is 9.98. The van der Waals surface area contributed by atoms with Gasteiger partial charge in [-0.05, 0) is 5.56 Å². The van der Waals surface area contributed by atoms with Gasteiger partial charge in [-0.15, -0.1) is 0 Å². The minimum Gasteiger partial charge on any atom is -0.480 e. The summed E-state index contributed by atoms with van der Waals surface area (Å²) in [6.45, 7) is -0.596. The van der Waals surface area contributed by atoms with Crippen molar-refractivity contribution in [2.45, 2.75) is 12.0 Å². The highest BCUT2D eigenvalue weighted by atomic mass is 16.4. The fraction of sp³-hybridized carbons (Fsp3) is 0.333. The molecule has 1 aromatic rings. The third-order valence-corrected chi connectivity index (χ3v) is 2.55. The van der Waals surface area contributed by atoms with Gasteiger partial charge in [0.1, 0.15) is 6.04 Å². The monoisotopic (exact) mass is 252 g/mol. The molecule has 1 rings (SSSR count). The van der Waals surface area contributed by atoms with E-state index in [9.17, 15) is 9.59 Å². The number of nitrogens with one attached hydrogen (secondary N) is 1. The molecule has 2 atom stereocenters. The van der Waals surface area contributed by atoms with Crippen LogP contribution in [0.5, 0.6) is 0 Å². The lowest BCUT2D eigenvalue weighted by molar-refractivity contribution is -0.143. The lowest BCUT2D eigenvalue weighted by Gasteiger charge is -2.18. The second-order valence-electron chi connectivity index (χ2n) is 3.78. The van der Waals surface area contributed by atoms with Gasteiger partial charge in [0.2, 0.25) is 5.91 Å². The highest BCUT2D eigenvalue weighted by molar-refractivity contribution is 5.88. The molecule has 0 aliphatic carbocycles. The number of amides is 1. The molecule has 0 radical (unpaired) electrons. The summed E-state index contributed by atoms with van der Waals surface area (Å²) in [5, 5.41) is 19.8. The van der Waals surface area contributed by atoms with E-state index in [0.29, 0.717) is 5.56 Å². The number of carboxylic acids is 1. The Balaban J connectivity index is 2.78. The number of aliphatic carboxylic acids is 1. The molecule has 0 bridgehead atoms. The number of carbonyl (C=O) groups is 2. The number of rotatable bonds is 6. The second kappa shape index (κ2) is 6.73. The summed E-state index contributed by atoms with van der Waals surface area (Å²) >= 11 is 0. The molecular formula is C12H16N2O4. The molecule has 1 aromatic carbocycles. The summed E-state index contributed by atoms with van der Waals surface area (Å²) in [6.07, 6.45) is 0. The first kappa shape index (κ1) is 14.1. The van der Waals surface area contributed by atoms with Crippen LogP contribution < -0.4 is 11.1 Å². The molecule has 5 N–H and O–H groups in total. The number of aliphatic hydroxyl groups is 1. The van der Waals surface area contributed by atoms with Gasteiger partial charge < -0.3 is 21.3 Å². The Kier molecular flexibility index (Phi) is 5.29. The molecule has 18 heavy (non-hydrogen) atoms. The molecule has 0 aliphatic heterocycles. The average Bonchev–Trinajstić information content (AvgIpc) is 2.37. The maximum Gasteiger partial charge on any atom is 0.328 e. The first-order valence-electron chi connectivity index (χ1n) is 5.49. The van der Waals surface area contributed by atoms with Gasteiger partial charge in [-0.1, -0.05) is 30.3 Å². The summed E-state index contributed by atoms with van der Waals surface area (Å²) in [4.78, 5) is 22.6. The van der Waals surface area contributed by atoms with Crippen LogP contribution in [-0.4, -0.2) is 41.3 Å². The van der Waals surface area contributed by atoms with Crippen molar-refractivity contribution in [1.29, 1.82) is 0 Å². The Bertz CT molecular complexity index is 408. The van der Waals surface area contributed by atoms with Crippen LogP contribution in [0.3, 0.4) is 0 Å². The van der Waals surface area contributed by atoms with E-state index in [2.05, 4.69) is 5.32 Å². The van der Waals surface area contributed by atoms with E-state index in [4.69, 9.17) is 15.9 Å². The predicted molar refractivity (Wildman–Crippen MR) is 64.9 cm³/mol. The van der Waals surface area contributed by atoms with Crippen molar-refractivity contribution in [2.75, 3.05) is 13.2 Å². The molecule has 0 aliphatic rings. The van der Waals surface area contributed by atoms with Crippen molar-refractivity contribution < 1.29 is 19.8 Å². The van der Waals surface area contributed by atoms with E-state index < -0.39 is 30.4 Å². The van der Waals surface area contributed by atoms with E-state index in [-0.39, 0.29) is 6.54 Å². The summed E-state index contributed by atoms with van der Waals surface area (Å²) in [7, 11) is 0. The Labute approximate surface area is 104 Å². The fourth-order valence-electron chi connectivity index (χ4n) is 1.54. The number of hydrogen-bond donors (Lipinski definition) is 4. The normalized spacial score (nSPS) is 13.7. The molecule has 0 saturated heterocycles. The molecular weight excluding hydrogens is 236 g/mol. The van der Waals surface area contributed by atoms with Gasteiger partial charge in [0.15, 0.2) is 0 Å². The van der Waals surface area contributed by atoms with Crippen LogP contribution in [-0.2, 0) is 9.59 Å². The zero-order valence-electron chi connectivity index (χ0n) is 9.74. The van der Waals surface area contributed by atoms with Crippen LogP contribution >= 0.6 is 0 Å². The van der Waals surface area contributed by atoms with Gasteiger partial charge in [0.25, 0.3) is 0 Å². The number of carboxylic acid groups (broad SMARTS) is 1. The summed E-state index contributed by atoms with van der Waals surface area (Å²) in [5.41, 5.74) is 6.24. The summed E-state index contributed by atoms with van der Waals surface area (Å²) < 4.78 is 0. The maximum atomic E-state index is 11.9. The molecule has 0 fully saturated rings. The van der Waals surface area contributed by atoms with Crippen LogP contribution in [0.15, 0.2) is 30.3 Å². The molecule has 1 amide bonds. The summed E-state index contributed by atoms with van der Waals surface area (Å²) in [6, 6.07) is 7.52. The number of carbonyl (C=O) groups excluding carboxylic acids is 1. The molecule has 6 nitrogen and oxygen atoms in total. The second-order valence-corrected chi connectivity index (χ2v) is 3.78. The molecule has 0 heterocycles. The average molecular weight is 252 g/mol. The van der Waals surface area contributed by atoms with Crippen molar-refractivity contribution in [3.8, 4) is 0 Å². The Morgan fingerprint density at radius 2 is 1.89 bits per heavy atom. The van der Waals surface area contributed by atoms with Gasteiger partial charge in [-0.3, -0.25) is 4.79 Å². The molecule has 1 unspecified atom stereocenters. The van der Waals surface area contributed by atoms with Crippen LogP contribution in [0, 0.1) is 0 Å². The Morgan fingerprint density at radius 1 is 1.28 bits per heavy atom. The quantitative estimate of drug-likeness (QED) is 0.534. The van der Waals surface area contributed by atoms with Crippen LogP contribution in [0.4, 0.5) is 0 Å². The first-order chi connectivity index (χ1) is 8.60. The van der Waals surface area contributed by atoms with Crippen LogP contribution in [0.1, 0.15) is 11.5 Å². The zero-order valence-corrected chi connectivity index (χ0v) is 9.74. The zero-order chi connectivity index (χ0) is 13.5. The lowest BCUT2D eigenvalue weighted by Crippen LogP contribution is -2.46. The molecule has 0 spiro atoms. The van der Waals surface area contributed by atoms with Crippen LogP contribution in [0.2, 0.25) is 0 Å². The number of hydrogen-bond acceptors (Lipinski definition) is 4. The third-order valence-electron chi connectivity index (χ3n) is 2.55. The van der Waals surface area contributed by atoms with Crippen molar-refractivity contribution in [2.24, 2.45) is 5.73 Å². The largest absolute Gasteiger partial charge is 0.480 e. The number of aliphatic hydroxyl groups excluding tert-OH is 1. The van der Waals surface area contributed by atoms with E-state index in [1.807, 2.05) is 6.07 Å². The van der Waals surface area contributed by atoms with E-state index in [0.717, 1.165) is 0 Å². The topological polar surface area (TPSA) is 113 Å². The highest BCUT2D eigenvalue weighted by Gasteiger charge is 2.24. The minimum absolute atomic E-state index is 0.0631. The highest BCUT2D eigenvalue weighted by Crippen LogP contribution is 2.14. The van der Waals surface area contributed by atoms with Crippen LogP contribution in [0.25, 0.3) is 0 Å². The molecule has 6 heteroatoms. The van der Waals surface area contributed by atoms with Crippen molar-refractivity contribution in [3.63, 3.8) is 0 Å². The van der Waals surface area contributed by atoms with Crippen molar-refractivity contribution >= 4 is 11.9 Å². The van der Waals surface area contributed by atoms with Gasteiger partial charge in [-0.25, -0.2) is 4.79 Å². The molecule has 0 aromatic heterocycles. The van der Waals surface area contributed by atoms with Gasteiger partial charge in [-0.2, -0.15) is 0 Å². The third kappa shape index (κ3) is 3.54. The smallest absolute Gasteiger partial charge is 0.328 e. The van der Waals surface area contributed by atoms with Crippen molar-refractivity contribution in [3.05, 3.63) is 35.9 Å². The Morgan fingerprint density at radius 3 is 2.33 bits per heavy atom. The number of nitrogens with two attached hydrogens (primary N) is 1. The van der Waals surface area contributed by atoms with Crippen molar-refractivity contribution in [1.82, 2.24) is 5.32 Å². The first-order valence-corrected chi connectivity index (χ1v) is 5.49. The predicted octanol–water partition coefficient (Wildman–Crippen LogP) is -0.709. The van der Waals surface area contributed by atoms with E-state index in [1.54, 1.807) is 24.3 Å². The minimum atomic E-state index is -1.31. The van der Waals surface area contributed by atoms with E-state index in [1.165, 1.54) is 0 Å². The number of benzene rings is 1. The molecule has 0 saturated carbocycles. The summed E-state index contributed by atoms with van der Waals surface area (Å²) in [5.74, 6) is -2.42.